The van der Waals surface area contributed by atoms with Crippen LogP contribution in [0, 0.1) is 0 Å². The number of hydrogen-bond acceptors (Lipinski definition) is 4. The molecule has 2 aromatic rings. The standard InChI is InChI=1S/C17H22O4/c1-19-11-12-20-9-4-10-21-17-8-7-14-5-2-3-6-15(14)16(17)13-18/h2-3,5-8,18H,4,9-13H2,1H3. The highest BCUT2D eigenvalue weighted by molar-refractivity contribution is 5.87. The van der Waals surface area contributed by atoms with E-state index in [1.165, 1.54) is 0 Å². The predicted octanol–water partition coefficient (Wildman–Crippen LogP) is 2.76. The molecule has 0 bridgehead atoms. The van der Waals surface area contributed by atoms with E-state index in [9.17, 15) is 5.11 Å². The maximum atomic E-state index is 9.60. The van der Waals surface area contributed by atoms with Crippen LogP contribution < -0.4 is 4.74 Å². The lowest BCUT2D eigenvalue weighted by Gasteiger charge is -2.13. The van der Waals surface area contributed by atoms with Crippen LogP contribution in [0.4, 0.5) is 0 Å². The van der Waals surface area contributed by atoms with E-state index >= 15 is 0 Å². The van der Waals surface area contributed by atoms with Gasteiger partial charge >= 0.3 is 0 Å². The van der Waals surface area contributed by atoms with Gasteiger partial charge in [-0.1, -0.05) is 30.3 Å². The third-order valence-electron chi connectivity index (χ3n) is 3.28. The number of rotatable bonds is 9. The van der Waals surface area contributed by atoms with Crippen molar-refractivity contribution in [3.8, 4) is 5.75 Å². The second-order valence-electron chi connectivity index (χ2n) is 4.73. The smallest absolute Gasteiger partial charge is 0.125 e. The number of ether oxygens (including phenoxy) is 3. The van der Waals surface area contributed by atoms with Gasteiger partial charge in [0, 0.05) is 25.7 Å². The summed E-state index contributed by atoms with van der Waals surface area (Å²) in [7, 11) is 1.66. The highest BCUT2D eigenvalue weighted by Gasteiger charge is 2.07. The van der Waals surface area contributed by atoms with E-state index in [4.69, 9.17) is 14.2 Å². The number of hydrogen-bond donors (Lipinski definition) is 1. The van der Waals surface area contributed by atoms with Gasteiger partial charge in [-0.05, 0) is 16.8 Å². The first kappa shape index (κ1) is 15.8. The highest BCUT2D eigenvalue weighted by atomic mass is 16.5. The summed E-state index contributed by atoms with van der Waals surface area (Å²) in [6.45, 7) is 2.40. The van der Waals surface area contributed by atoms with Gasteiger partial charge in [0.1, 0.15) is 5.75 Å². The van der Waals surface area contributed by atoms with Crippen LogP contribution in [0.3, 0.4) is 0 Å². The van der Waals surface area contributed by atoms with Crippen LogP contribution >= 0.6 is 0 Å². The average molecular weight is 290 g/mol. The van der Waals surface area contributed by atoms with Crippen molar-refractivity contribution in [3.05, 3.63) is 42.0 Å². The Morgan fingerprint density at radius 3 is 2.62 bits per heavy atom. The van der Waals surface area contributed by atoms with Gasteiger partial charge in [0.25, 0.3) is 0 Å². The van der Waals surface area contributed by atoms with Gasteiger partial charge in [-0.25, -0.2) is 0 Å². The summed E-state index contributed by atoms with van der Waals surface area (Å²) in [5.74, 6) is 0.744. The van der Waals surface area contributed by atoms with Crippen LogP contribution in [0.15, 0.2) is 36.4 Å². The average Bonchev–Trinajstić information content (AvgIpc) is 2.53. The highest BCUT2D eigenvalue weighted by Crippen LogP contribution is 2.28. The zero-order valence-electron chi connectivity index (χ0n) is 12.4. The minimum Gasteiger partial charge on any atom is -0.493 e. The van der Waals surface area contributed by atoms with Gasteiger partial charge in [0.05, 0.1) is 26.4 Å². The summed E-state index contributed by atoms with van der Waals surface area (Å²) in [5.41, 5.74) is 0.841. The van der Waals surface area contributed by atoms with Crippen LogP contribution in [0.1, 0.15) is 12.0 Å². The van der Waals surface area contributed by atoms with Gasteiger partial charge in [0.15, 0.2) is 0 Å². The molecule has 0 fully saturated rings. The molecule has 1 N–H and O–H groups in total. The largest absolute Gasteiger partial charge is 0.493 e. The third-order valence-corrected chi connectivity index (χ3v) is 3.28. The number of aliphatic hydroxyl groups excluding tert-OH is 1. The van der Waals surface area contributed by atoms with Gasteiger partial charge in [-0.3, -0.25) is 0 Å². The normalized spacial score (nSPS) is 11.0. The Morgan fingerprint density at radius 1 is 0.952 bits per heavy atom. The third kappa shape index (κ3) is 4.43. The molecule has 0 heterocycles. The molecule has 0 saturated heterocycles. The van der Waals surface area contributed by atoms with Crippen LogP contribution in [-0.4, -0.2) is 38.6 Å². The van der Waals surface area contributed by atoms with Crippen molar-refractivity contribution in [2.24, 2.45) is 0 Å². The molecule has 0 amide bonds. The number of fused-ring (bicyclic) bond motifs is 1. The van der Waals surface area contributed by atoms with Gasteiger partial charge < -0.3 is 19.3 Å². The van der Waals surface area contributed by atoms with Crippen LogP contribution in [0.2, 0.25) is 0 Å². The predicted molar refractivity (Wildman–Crippen MR) is 82.7 cm³/mol. The summed E-state index contributed by atoms with van der Waals surface area (Å²) in [6, 6.07) is 11.9. The minimum absolute atomic E-state index is 0.0268. The van der Waals surface area contributed by atoms with E-state index in [-0.39, 0.29) is 6.61 Å². The summed E-state index contributed by atoms with van der Waals surface area (Å²) in [4.78, 5) is 0. The summed E-state index contributed by atoms with van der Waals surface area (Å²) < 4.78 is 16.1. The Labute approximate surface area is 125 Å². The Kier molecular flexibility index (Phi) is 6.47. The van der Waals surface area contributed by atoms with Crippen LogP contribution in [0.5, 0.6) is 5.75 Å². The Hall–Kier alpha value is -1.62. The van der Waals surface area contributed by atoms with Crippen molar-refractivity contribution in [1.29, 1.82) is 0 Å². The SMILES string of the molecule is COCCOCCCOc1ccc2ccccc2c1CO. The van der Waals surface area contributed by atoms with Crippen LogP contribution in [0.25, 0.3) is 10.8 Å². The lowest BCUT2D eigenvalue weighted by molar-refractivity contribution is 0.0643. The molecule has 0 atom stereocenters. The van der Waals surface area contributed by atoms with E-state index in [2.05, 4.69) is 0 Å². The van der Waals surface area contributed by atoms with E-state index < -0.39 is 0 Å². The molecular weight excluding hydrogens is 268 g/mol. The molecule has 114 valence electrons. The molecular formula is C17H22O4. The molecule has 2 aromatic carbocycles. The van der Waals surface area contributed by atoms with Gasteiger partial charge in [-0.2, -0.15) is 0 Å². The first-order chi connectivity index (χ1) is 10.4. The Morgan fingerprint density at radius 2 is 1.81 bits per heavy atom. The van der Waals surface area contributed by atoms with Crippen molar-refractivity contribution in [1.82, 2.24) is 0 Å². The molecule has 0 unspecified atom stereocenters. The van der Waals surface area contributed by atoms with Crippen molar-refractivity contribution in [2.45, 2.75) is 13.0 Å². The second kappa shape index (κ2) is 8.62. The molecule has 0 aliphatic rings. The molecule has 2 rings (SSSR count). The topological polar surface area (TPSA) is 47.9 Å². The number of benzene rings is 2. The van der Waals surface area contributed by atoms with Crippen molar-refractivity contribution >= 4 is 10.8 Å². The molecule has 4 nitrogen and oxygen atoms in total. The molecule has 0 aliphatic heterocycles. The van der Waals surface area contributed by atoms with Gasteiger partial charge in [-0.15, -0.1) is 0 Å². The Balaban J connectivity index is 1.90. The first-order valence-electron chi connectivity index (χ1n) is 7.17. The number of aliphatic hydroxyl groups is 1. The molecule has 4 heteroatoms. The summed E-state index contributed by atoms with van der Waals surface area (Å²) in [6.07, 6.45) is 0.807. The minimum atomic E-state index is -0.0268. The molecule has 21 heavy (non-hydrogen) atoms. The fourth-order valence-corrected chi connectivity index (χ4v) is 2.20. The van der Waals surface area contributed by atoms with Crippen molar-refractivity contribution in [3.63, 3.8) is 0 Å². The van der Waals surface area contributed by atoms with E-state index in [0.717, 1.165) is 28.5 Å². The zero-order valence-corrected chi connectivity index (χ0v) is 12.4. The molecule has 0 aliphatic carbocycles. The maximum absolute atomic E-state index is 9.60. The van der Waals surface area contributed by atoms with E-state index in [1.807, 2.05) is 36.4 Å². The maximum Gasteiger partial charge on any atom is 0.125 e. The molecule has 0 spiro atoms. The fourth-order valence-electron chi connectivity index (χ4n) is 2.20. The monoisotopic (exact) mass is 290 g/mol. The lowest BCUT2D eigenvalue weighted by atomic mass is 10.0. The van der Waals surface area contributed by atoms with E-state index in [0.29, 0.717) is 26.4 Å². The van der Waals surface area contributed by atoms with Crippen LogP contribution in [-0.2, 0) is 16.1 Å². The Bertz CT molecular complexity index is 553. The molecule has 0 saturated carbocycles. The fraction of sp³-hybridized carbons (Fsp3) is 0.412. The van der Waals surface area contributed by atoms with Crippen molar-refractivity contribution in [2.75, 3.05) is 33.5 Å². The second-order valence-corrected chi connectivity index (χ2v) is 4.73. The van der Waals surface area contributed by atoms with Gasteiger partial charge in [0.2, 0.25) is 0 Å². The summed E-state index contributed by atoms with van der Waals surface area (Å²) in [5, 5.41) is 11.7. The quantitative estimate of drug-likeness (QED) is 0.721. The van der Waals surface area contributed by atoms with Crippen molar-refractivity contribution < 1.29 is 19.3 Å². The lowest BCUT2D eigenvalue weighted by Crippen LogP contribution is -2.07. The zero-order chi connectivity index (χ0) is 14.9. The summed E-state index contributed by atoms with van der Waals surface area (Å²) >= 11 is 0. The number of methoxy groups -OCH3 is 1. The molecule has 0 aromatic heterocycles. The van der Waals surface area contributed by atoms with E-state index in [1.54, 1.807) is 7.11 Å². The molecule has 0 radical (unpaired) electrons. The first-order valence-corrected chi connectivity index (χ1v) is 7.17.